The van der Waals surface area contributed by atoms with E-state index in [1.165, 1.54) is 24.1 Å². The molecule has 0 spiro atoms. The van der Waals surface area contributed by atoms with Crippen LogP contribution in [0.1, 0.15) is 46.6 Å². The Hall–Kier alpha value is -2.44. The number of amides is 1. The minimum atomic E-state index is -0.521. The second-order valence-electron chi connectivity index (χ2n) is 7.52. The number of nitrogens with two attached hydrogens (primary N) is 1. The lowest BCUT2D eigenvalue weighted by atomic mass is 9.97. The number of aryl methyl sites for hydroxylation is 1. The number of fused-ring (bicyclic) bond motifs is 1. The maximum absolute atomic E-state index is 12.6. The quantitative estimate of drug-likeness (QED) is 0.668. The van der Waals surface area contributed by atoms with E-state index in [2.05, 4.69) is 27.4 Å². The summed E-state index contributed by atoms with van der Waals surface area (Å²) >= 11 is 1.82. The van der Waals surface area contributed by atoms with E-state index in [1.54, 1.807) is 24.3 Å². The first kappa shape index (κ1) is 18.9. The highest BCUT2D eigenvalue weighted by molar-refractivity contribution is 7.09. The summed E-state index contributed by atoms with van der Waals surface area (Å²) in [5.41, 5.74) is 7.29. The third-order valence-corrected chi connectivity index (χ3v) is 6.53. The lowest BCUT2D eigenvalue weighted by Gasteiger charge is -2.35. The molecule has 3 heterocycles. The molecule has 1 aromatic carbocycles. The minimum Gasteiger partial charge on any atom is -0.366 e. The Morgan fingerprint density at radius 3 is 2.93 bits per heavy atom. The standard InChI is InChI=1S/C22H25N3O2S/c23-22(27)15-6-9-20-19(12-15)21(26)13-16(24-20)14-25-10-2-1-4-17(25)7-8-18-5-3-11-28-18/h3,5-6,9,11-13,17H,1-2,4,7-8,10,14H2,(H2,23,27)(H,24,26). The predicted molar refractivity (Wildman–Crippen MR) is 114 cm³/mol. The maximum Gasteiger partial charge on any atom is 0.248 e. The fraction of sp³-hybridized carbons (Fsp3) is 0.364. The number of benzene rings is 1. The molecule has 3 aromatic rings. The Morgan fingerprint density at radius 1 is 1.25 bits per heavy atom. The van der Waals surface area contributed by atoms with E-state index in [9.17, 15) is 9.59 Å². The lowest BCUT2D eigenvalue weighted by molar-refractivity contribution is 0.100. The summed E-state index contributed by atoms with van der Waals surface area (Å²) in [7, 11) is 0. The Morgan fingerprint density at radius 2 is 2.14 bits per heavy atom. The van der Waals surface area contributed by atoms with Crippen LogP contribution in [0.25, 0.3) is 10.9 Å². The van der Waals surface area contributed by atoms with Gasteiger partial charge in [-0.2, -0.15) is 0 Å². The molecule has 0 saturated carbocycles. The Balaban J connectivity index is 1.52. The van der Waals surface area contributed by atoms with Crippen molar-refractivity contribution in [3.05, 3.63) is 68.1 Å². The number of rotatable bonds is 6. The monoisotopic (exact) mass is 395 g/mol. The van der Waals surface area contributed by atoms with E-state index in [0.717, 1.165) is 37.1 Å². The van der Waals surface area contributed by atoms with Gasteiger partial charge in [0.1, 0.15) is 0 Å². The molecular weight excluding hydrogens is 370 g/mol. The first-order valence-corrected chi connectivity index (χ1v) is 10.7. The summed E-state index contributed by atoms with van der Waals surface area (Å²) in [5.74, 6) is -0.521. The third-order valence-electron chi connectivity index (χ3n) is 5.60. The summed E-state index contributed by atoms with van der Waals surface area (Å²) in [4.78, 5) is 31.3. The zero-order valence-corrected chi connectivity index (χ0v) is 16.6. The molecule has 0 aliphatic carbocycles. The molecule has 4 rings (SSSR count). The molecule has 5 nitrogen and oxygen atoms in total. The molecule has 1 unspecified atom stereocenters. The van der Waals surface area contributed by atoms with E-state index >= 15 is 0 Å². The van der Waals surface area contributed by atoms with Gasteiger partial charge < -0.3 is 10.7 Å². The smallest absolute Gasteiger partial charge is 0.248 e. The highest BCUT2D eigenvalue weighted by Crippen LogP contribution is 2.24. The van der Waals surface area contributed by atoms with Crippen LogP contribution < -0.4 is 11.2 Å². The van der Waals surface area contributed by atoms with Gasteiger partial charge in [0.2, 0.25) is 5.91 Å². The van der Waals surface area contributed by atoms with E-state index in [0.29, 0.717) is 17.0 Å². The van der Waals surface area contributed by atoms with Gasteiger partial charge in [-0.1, -0.05) is 12.5 Å². The largest absolute Gasteiger partial charge is 0.366 e. The molecule has 1 saturated heterocycles. The fourth-order valence-corrected chi connectivity index (χ4v) is 4.84. The molecule has 1 aliphatic heterocycles. The molecule has 1 fully saturated rings. The van der Waals surface area contributed by atoms with Gasteiger partial charge >= 0.3 is 0 Å². The maximum atomic E-state index is 12.6. The zero-order valence-electron chi connectivity index (χ0n) is 15.8. The van der Waals surface area contributed by atoms with Gasteiger partial charge in [0, 0.05) is 45.7 Å². The SMILES string of the molecule is NC(=O)c1ccc2[nH]c(CN3CCCCC3CCc3cccs3)cc(=O)c2c1. The Labute approximate surface area is 168 Å². The Kier molecular flexibility index (Phi) is 5.59. The summed E-state index contributed by atoms with van der Waals surface area (Å²) in [6.07, 6.45) is 5.96. The normalized spacial score (nSPS) is 17.8. The third kappa shape index (κ3) is 4.18. The molecule has 0 radical (unpaired) electrons. The molecule has 28 heavy (non-hydrogen) atoms. The molecule has 146 valence electrons. The number of likely N-dealkylation sites (tertiary alicyclic amines) is 1. The first-order valence-electron chi connectivity index (χ1n) is 9.82. The van der Waals surface area contributed by atoms with Crippen molar-refractivity contribution in [1.82, 2.24) is 9.88 Å². The molecule has 6 heteroatoms. The number of primary amides is 1. The second kappa shape index (κ2) is 8.29. The number of hydrogen-bond donors (Lipinski definition) is 2. The number of nitrogens with zero attached hydrogens (tertiary/aromatic N) is 1. The average Bonchev–Trinajstić information content (AvgIpc) is 3.20. The van der Waals surface area contributed by atoms with Crippen LogP contribution >= 0.6 is 11.3 Å². The van der Waals surface area contributed by atoms with Crippen molar-refractivity contribution in [3.8, 4) is 0 Å². The lowest BCUT2D eigenvalue weighted by Crippen LogP contribution is -2.39. The van der Waals surface area contributed by atoms with Crippen molar-refractivity contribution in [2.45, 2.75) is 44.7 Å². The van der Waals surface area contributed by atoms with E-state index in [-0.39, 0.29) is 5.43 Å². The average molecular weight is 396 g/mol. The number of nitrogens with one attached hydrogen (secondary N) is 1. The summed E-state index contributed by atoms with van der Waals surface area (Å²) in [6, 6.07) is 11.5. The van der Waals surface area contributed by atoms with E-state index < -0.39 is 5.91 Å². The van der Waals surface area contributed by atoms with Crippen LogP contribution in [-0.4, -0.2) is 28.4 Å². The number of piperidine rings is 1. The number of carbonyl (C=O) groups excluding carboxylic acids is 1. The second-order valence-corrected chi connectivity index (χ2v) is 8.55. The van der Waals surface area contributed by atoms with Crippen molar-refractivity contribution < 1.29 is 4.79 Å². The van der Waals surface area contributed by atoms with E-state index in [1.807, 2.05) is 11.3 Å². The molecule has 1 amide bonds. The highest BCUT2D eigenvalue weighted by atomic mass is 32.1. The van der Waals surface area contributed by atoms with Crippen LogP contribution in [-0.2, 0) is 13.0 Å². The first-order chi connectivity index (χ1) is 13.6. The summed E-state index contributed by atoms with van der Waals surface area (Å²) < 4.78 is 0. The number of hydrogen-bond acceptors (Lipinski definition) is 4. The molecular formula is C22H25N3O2S. The van der Waals surface area contributed by atoms with E-state index in [4.69, 9.17) is 5.73 Å². The topological polar surface area (TPSA) is 79.2 Å². The number of thiophene rings is 1. The van der Waals surface area contributed by atoms with Gasteiger partial charge in [0.15, 0.2) is 5.43 Å². The van der Waals surface area contributed by atoms with Crippen LogP contribution in [0.15, 0.2) is 46.6 Å². The predicted octanol–water partition coefficient (Wildman–Crippen LogP) is 3.68. The minimum absolute atomic E-state index is 0.0704. The van der Waals surface area contributed by atoms with Crippen LogP contribution in [0.3, 0.4) is 0 Å². The van der Waals surface area contributed by atoms with Gasteiger partial charge in [-0.25, -0.2) is 0 Å². The van der Waals surface area contributed by atoms with Crippen LogP contribution in [0.5, 0.6) is 0 Å². The van der Waals surface area contributed by atoms with Crippen LogP contribution in [0.2, 0.25) is 0 Å². The number of H-pyrrole nitrogens is 1. The molecule has 0 bridgehead atoms. The van der Waals surface area contributed by atoms with Crippen molar-refractivity contribution in [2.75, 3.05) is 6.54 Å². The summed E-state index contributed by atoms with van der Waals surface area (Å²) in [6.45, 7) is 1.81. The molecule has 3 N–H and O–H groups in total. The fourth-order valence-electron chi connectivity index (χ4n) is 4.12. The van der Waals surface area contributed by atoms with Gasteiger partial charge in [-0.3, -0.25) is 14.5 Å². The van der Waals surface area contributed by atoms with Crippen LogP contribution in [0.4, 0.5) is 0 Å². The molecule has 1 atom stereocenters. The van der Waals surface area contributed by atoms with Crippen molar-refractivity contribution in [1.29, 1.82) is 0 Å². The number of aromatic nitrogens is 1. The van der Waals surface area contributed by atoms with Gasteiger partial charge in [-0.15, -0.1) is 11.3 Å². The number of aromatic amines is 1. The van der Waals surface area contributed by atoms with Gasteiger partial charge in [0.25, 0.3) is 0 Å². The highest BCUT2D eigenvalue weighted by Gasteiger charge is 2.23. The summed E-state index contributed by atoms with van der Waals surface area (Å²) in [5, 5.41) is 2.64. The van der Waals surface area contributed by atoms with Crippen LogP contribution in [0, 0.1) is 0 Å². The Bertz CT molecular complexity index is 1030. The van der Waals surface area contributed by atoms with Crippen molar-refractivity contribution in [3.63, 3.8) is 0 Å². The zero-order chi connectivity index (χ0) is 19.5. The molecule has 1 aliphatic rings. The molecule has 2 aromatic heterocycles. The number of pyridine rings is 1. The van der Waals surface area contributed by atoms with Crippen molar-refractivity contribution in [2.24, 2.45) is 5.73 Å². The van der Waals surface area contributed by atoms with Crippen molar-refractivity contribution >= 4 is 28.1 Å². The van der Waals surface area contributed by atoms with Gasteiger partial charge in [-0.05, 0) is 61.9 Å². The van der Waals surface area contributed by atoms with Gasteiger partial charge in [0.05, 0.1) is 0 Å². The number of carbonyl (C=O) groups is 1.